The fraction of sp³-hybridized carbons (Fsp3) is 0.250. The molecule has 0 bridgehead atoms. The van der Waals surface area contributed by atoms with E-state index in [1.807, 2.05) is 23.1 Å². The molecule has 2 aromatic rings. The number of methoxy groups -OCH3 is 2. The van der Waals surface area contributed by atoms with E-state index in [0.717, 1.165) is 23.4 Å². The number of anilines is 1. The van der Waals surface area contributed by atoms with Gasteiger partial charge in [-0.1, -0.05) is 17.7 Å². The lowest BCUT2D eigenvalue weighted by atomic mass is 9.75. The standard InChI is InChI=1S/C24H22ClN3O3/c1-30-20-11-6-14(12-21(20)31-2)22-17(13-26)24(27)28(16-9-7-15(25)8-10-16)18-4-3-5-19(29)23(18)22/h6-12,22H,3-5,27H2,1-2H3/t22-/m1/s1. The van der Waals surface area contributed by atoms with Gasteiger partial charge in [0, 0.05) is 28.4 Å². The highest BCUT2D eigenvalue weighted by molar-refractivity contribution is 6.30. The van der Waals surface area contributed by atoms with E-state index in [4.69, 9.17) is 26.8 Å². The second-order valence-corrected chi connectivity index (χ2v) is 7.84. The van der Waals surface area contributed by atoms with Crippen LogP contribution in [0.1, 0.15) is 30.7 Å². The van der Waals surface area contributed by atoms with Crippen molar-refractivity contribution in [3.63, 3.8) is 0 Å². The van der Waals surface area contributed by atoms with Crippen LogP contribution in [0.15, 0.2) is 65.1 Å². The maximum absolute atomic E-state index is 13.2. The molecule has 0 amide bonds. The van der Waals surface area contributed by atoms with Crippen molar-refractivity contribution in [2.75, 3.05) is 19.1 Å². The van der Waals surface area contributed by atoms with Crippen LogP contribution < -0.4 is 20.1 Å². The third kappa shape index (κ3) is 3.51. The van der Waals surface area contributed by atoms with E-state index < -0.39 is 5.92 Å². The summed E-state index contributed by atoms with van der Waals surface area (Å²) in [5.41, 5.74) is 9.85. The summed E-state index contributed by atoms with van der Waals surface area (Å²) in [7, 11) is 3.11. The average molecular weight is 436 g/mol. The van der Waals surface area contributed by atoms with Crippen molar-refractivity contribution in [2.45, 2.75) is 25.2 Å². The van der Waals surface area contributed by atoms with Gasteiger partial charge in [0.15, 0.2) is 17.3 Å². The predicted octanol–water partition coefficient (Wildman–Crippen LogP) is 4.66. The Hall–Kier alpha value is -3.43. The smallest absolute Gasteiger partial charge is 0.161 e. The zero-order chi connectivity index (χ0) is 22.1. The van der Waals surface area contributed by atoms with Crippen molar-refractivity contribution in [2.24, 2.45) is 5.73 Å². The van der Waals surface area contributed by atoms with Crippen LogP contribution in [0.4, 0.5) is 5.69 Å². The lowest BCUT2D eigenvalue weighted by molar-refractivity contribution is -0.116. The van der Waals surface area contributed by atoms with Crippen LogP contribution in [0.2, 0.25) is 5.02 Å². The maximum atomic E-state index is 13.2. The highest BCUT2D eigenvalue weighted by Gasteiger charge is 2.40. The minimum absolute atomic E-state index is 0.0280. The number of carbonyl (C=O) groups excluding carboxylic acids is 1. The Balaban J connectivity index is 1.94. The fourth-order valence-corrected chi connectivity index (χ4v) is 4.46. The van der Waals surface area contributed by atoms with Crippen molar-refractivity contribution in [1.82, 2.24) is 0 Å². The van der Waals surface area contributed by atoms with Crippen LogP contribution in [0.3, 0.4) is 0 Å². The zero-order valence-electron chi connectivity index (χ0n) is 17.3. The van der Waals surface area contributed by atoms with Crippen molar-refractivity contribution >= 4 is 23.1 Å². The first-order valence-electron chi connectivity index (χ1n) is 9.93. The van der Waals surface area contributed by atoms with Crippen LogP contribution >= 0.6 is 11.6 Å². The van der Waals surface area contributed by atoms with Gasteiger partial charge in [0.1, 0.15) is 5.82 Å². The Bertz CT molecular complexity index is 1150. The Morgan fingerprint density at radius 2 is 1.81 bits per heavy atom. The minimum Gasteiger partial charge on any atom is -0.493 e. The highest BCUT2D eigenvalue weighted by atomic mass is 35.5. The summed E-state index contributed by atoms with van der Waals surface area (Å²) in [4.78, 5) is 15.0. The van der Waals surface area contributed by atoms with Gasteiger partial charge in [0.2, 0.25) is 0 Å². The van der Waals surface area contributed by atoms with Crippen molar-refractivity contribution < 1.29 is 14.3 Å². The summed E-state index contributed by atoms with van der Waals surface area (Å²) in [6, 6.07) is 14.9. The molecule has 0 aromatic heterocycles. The third-order valence-electron chi connectivity index (χ3n) is 5.74. The van der Waals surface area contributed by atoms with Gasteiger partial charge in [-0.3, -0.25) is 9.69 Å². The molecular weight excluding hydrogens is 414 g/mol. The summed E-state index contributed by atoms with van der Waals surface area (Å²) < 4.78 is 10.8. The van der Waals surface area contributed by atoms with Gasteiger partial charge in [-0.2, -0.15) is 5.26 Å². The third-order valence-corrected chi connectivity index (χ3v) is 5.99. The Morgan fingerprint density at radius 1 is 1.10 bits per heavy atom. The van der Waals surface area contributed by atoms with Gasteiger partial charge in [-0.15, -0.1) is 0 Å². The van der Waals surface area contributed by atoms with Gasteiger partial charge in [0.25, 0.3) is 0 Å². The zero-order valence-corrected chi connectivity index (χ0v) is 18.1. The number of carbonyl (C=O) groups is 1. The number of ketones is 1. The molecule has 2 aliphatic rings. The quantitative estimate of drug-likeness (QED) is 0.751. The molecular formula is C24H22ClN3O3. The molecule has 1 atom stereocenters. The van der Waals surface area contributed by atoms with Crippen LogP contribution in [0.25, 0.3) is 0 Å². The maximum Gasteiger partial charge on any atom is 0.161 e. The summed E-state index contributed by atoms with van der Waals surface area (Å²) >= 11 is 6.06. The van der Waals surface area contributed by atoms with Gasteiger partial charge in [-0.05, 0) is 54.8 Å². The predicted molar refractivity (Wildman–Crippen MR) is 119 cm³/mol. The molecule has 1 heterocycles. The molecule has 0 fully saturated rings. The first-order chi connectivity index (χ1) is 15.0. The van der Waals surface area contributed by atoms with Crippen molar-refractivity contribution in [1.29, 1.82) is 5.26 Å². The van der Waals surface area contributed by atoms with Crippen LogP contribution in [0, 0.1) is 11.3 Å². The fourth-order valence-electron chi connectivity index (χ4n) is 4.34. The van der Waals surface area contributed by atoms with Gasteiger partial charge < -0.3 is 15.2 Å². The molecule has 0 saturated carbocycles. The highest BCUT2D eigenvalue weighted by Crippen LogP contribution is 2.47. The van der Waals surface area contributed by atoms with Crippen LogP contribution in [0.5, 0.6) is 11.5 Å². The Labute approximate surface area is 186 Å². The largest absolute Gasteiger partial charge is 0.493 e. The SMILES string of the molecule is COc1ccc([C@@H]2C(C#N)=C(N)N(c3ccc(Cl)cc3)C3=C2C(=O)CCC3)cc1OC. The van der Waals surface area contributed by atoms with E-state index >= 15 is 0 Å². The lowest BCUT2D eigenvalue weighted by Gasteiger charge is -2.39. The monoisotopic (exact) mass is 435 g/mol. The molecule has 6 nitrogen and oxygen atoms in total. The molecule has 2 N–H and O–H groups in total. The van der Waals surface area contributed by atoms with Crippen LogP contribution in [-0.2, 0) is 4.79 Å². The molecule has 2 aromatic carbocycles. The minimum atomic E-state index is -0.559. The summed E-state index contributed by atoms with van der Waals surface area (Å²) in [5.74, 6) is 0.889. The number of nitrogens with zero attached hydrogens (tertiary/aromatic N) is 2. The van der Waals surface area contributed by atoms with Crippen molar-refractivity contribution in [3.8, 4) is 17.6 Å². The Kier molecular flexibility index (Phi) is 5.62. The first-order valence-corrected chi connectivity index (χ1v) is 10.3. The van der Waals surface area contributed by atoms with E-state index in [1.165, 1.54) is 0 Å². The Morgan fingerprint density at radius 3 is 2.45 bits per heavy atom. The molecule has 158 valence electrons. The average Bonchev–Trinajstić information content (AvgIpc) is 2.79. The van der Waals surface area contributed by atoms with Crippen molar-refractivity contribution in [3.05, 3.63) is 75.7 Å². The molecule has 0 spiro atoms. The molecule has 1 aliphatic heterocycles. The number of nitriles is 1. The molecule has 4 rings (SSSR count). The van der Waals surface area contributed by atoms with Gasteiger partial charge in [-0.25, -0.2) is 0 Å². The van der Waals surface area contributed by atoms with E-state index in [9.17, 15) is 10.1 Å². The molecule has 1 aliphatic carbocycles. The number of hydrogen-bond acceptors (Lipinski definition) is 6. The molecule has 7 heteroatoms. The topological polar surface area (TPSA) is 88.6 Å². The summed E-state index contributed by atoms with van der Waals surface area (Å²) in [6.45, 7) is 0. The van der Waals surface area contributed by atoms with Gasteiger partial charge >= 0.3 is 0 Å². The number of hydrogen-bond donors (Lipinski definition) is 1. The lowest BCUT2D eigenvalue weighted by Crippen LogP contribution is -2.38. The van der Waals surface area contributed by atoms with E-state index in [-0.39, 0.29) is 5.78 Å². The number of nitrogens with two attached hydrogens (primary N) is 1. The summed E-state index contributed by atoms with van der Waals surface area (Å²) in [6.07, 6.45) is 1.86. The number of Topliss-reactive ketones (excluding diaryl/α,β-unsaturated/α-hetero) is 1. The second kappa shape index (κ2) is 8.37. The normalized spacial score (nSPS) is 18.6. The van der Waals surface area contributed by atoms with E-state index in [1.54, 1.807) is 38.5 Å². The van der Waals surface area contributed by atoms with Crippen LogP contribution in [-0.4, -0.2) is 20.0 Å². The molecule has 31 heavy (non-hydrogen) atoms. The number of halogens is 1. The number of rotatable bonds is 4. The van der Waals surface area contributed by atoms with E-state index in [0.29, 0.717) is 46.3 Å². The van der Waals surface area contributed by atoms with Gasteiger partial charge in [0.05, 0.1) is 31.8 Å². The molecule has 0 unspecified atom stereocenters. The van der Waals surface area contributed by atoms with E-state index in [2.05, 4.69) is 6.07 Å². The molecule has 0 saturated heterocycles. The first kappa shape index (κ1) is 20.8. The second-order valence-electron chi connectivity index (χ2n) is 7.41. The number of ether oxygens (including phenoxy) is 2. The number of benzene rings is 2. The summed E-state index contributed by atoms with van der Waals surface area (Å²) in [5, 5.41) is 10.7. The molecule has 0 radical (unpaired) electrons. The number of allylic oxidation sites excluding steroid dienone is 3.